The molecule has 0 radical (unpaired) electrons. The molecular formula is C20H28O7. The van der Waals surface area contributed by atoms with Crippen molar-refractivity contribution in [2.75, 3.05) is 0 Å². The molecule has 6 bridgehead atoms. The molecule has 0 amide bonds. The highest BCUT2D eigenvalue weighted by Gasteiger charge is 2.86. The van der Waals surface area contributed by atoms with Gasteiger partial charge < -0.3 is 20.4 Å². The first kappa shape index (κ1) is 18.2. The highest BCUT2D eigenvalue weighted by molar-refractivity contribution is 6.05. The smallest absolute Gasteiger partial charge is 0.241 e. The molecule has 10 atom stereocenters. The number of hydrogen-bond acceptors (Lipinski definition) is 7. The van der Waals surface area contributed by atoms with Crippen LogP contribution in [0.15, 0.2) is 12.2 Å². The van der Waals surface area contributed by atoms with Gasteiger partial charge in [0.15, 0.2) is 5.78 Å². The van der Waals surface area contributed by atoms with E-state index in [1.807, 2.05) is 20.8 Å². The van der Waals surface area contributed by atoms with Crippen molar-refractivity contribution in [3.05, 3.63) is 12.2 Å². The van der Waals surface area contributed by atoms with Crippen LogP contribution in [0.1, 0.15) is 40.0 Å². The summed E-state index contributed by atoms with van der Waals surface area (Å²) in [6.07, 6.45) is -2.85. The molecule has 2 saturated heterocycles. The Morgan fingerprint density at radius 1 is 1.11 bits per heavy atom. The zero-order valence-electron chi connectivity index (χ0n) is 15.9. The van der Waals surface area contributed by atoms with Crippen LogP contribution in [0, 0.1) is 34.0 Å². The third-order valence-corrected chi connectivity index (χ3v) is 8.83. The van der Waals surface area contributed by atoms with Gasteiger partial charge in [-0.3, -0.25) is 4.79 Å². The lowest BCUT2D eigenvalue weighted by Crippen LogP contribution is -2.79. The van der Waals surface area contributed by atoms with Gasteiger partial charge in [-0.2, -0.15) is 4.89 Å². The second kappa shape index (κ2) is 4.83. The zero-order chi connectivity index (χ0) is 19.7. The van der Waals surface area contributed by atoms with E-state index in [1.54, 1.807) is 0 Å². The SMILES string of the molecule is C=C1C(=O)[C@]23[C@@H](O)[C@H]1CC[C@H]2[C@]1(C)[C@@H]2OO[C@]3(O)[C@@H](O)[C@@H]1C(C)(C)C[C@@H]2O. The minimum absolute atomic E-state index is 0.273. The summed E-state index contributed by atoms with van der Waals surface area (Å²) in [7, 11) is 0. The Balaban J connectivity index is 1.84. The summed E-state index contributed by atoms with van der Waals surface area (Å²) in [5.74, 6) is -4.30. The highest BCUT2D eigenvalue weighted by atomic mass is 17.2. The third-order valence-electron chi connectivity index (χ3n) is 8.83. The van der Waals surface area contributed by atoms with Crippen LogP contribution in [-0.2, 0) is 14.6 Å². The van der Waals surface area contributed by atoms with E-state index in [4.69, 9.17) is 9.78 Å². The standard InChI is InChI=1S/C20H28O7/c1-8-9-5-6-11-18(4)12-15(24)20(25,19(11,13(8)22)14(9)23)27-26-16(18)10(21)7-17(12,2)3/h9-12,14-16,21,23-25H,1,5-7H2,2-4H3/t9-,10-,11-,12+,14-,15-,16+,18-,19-,20+/m0/s1. The Kier molecular flexibility index (Phi) is 3.26. The maximum Gasteiger partial charge on any atom is 0.241 e. The van der Waals surface area contributed by atoms with Gasteiger partial charge in [-0.15, -0.1) is 0 Å². The van der Waals surface area contributed by atoms with Crippen LogP contribution in [-0.4, -0.2) is 56.4 Å². The fourth-order valence-corrected chi connectivity index (χ4v) is 8.04. The van der Waals surface area contributed by atoms with E-state index in [2.05, 4.69) is 6.58 Å². The fraction of sp³-hybridized carbons (Fsp3) is 0.850. The number of rotatable bonds is 0. The number of hydrogen-bond donors (Lipinski definition) is 4. The van der Waals surface area contributed by atoms with Crippen molar-refractivity contribution in [1.29, 1.82) is 0 Å². The van der Waals surface area contributed by atoms with Crippen LogP contribution in [0.2, 0.25) is 0 Å². The molecule has 2 aliphatic heterocycles. The van der Waals surface area contributed by atoms with Crippen LogP contribution in [0.5, 0.6) is 0 Å². The maximum atomic E-state index is 13.4. The van der Waals surface area contributed by atoms with Crippen molar-refractivity contribution in [3.63, 3.8) is 0 Å². The zero-order valence-corrected chi connectivity index (χ0v) is 15.9. The summed E-state index contributed by atoms with van der Waals surface area (Å²) in [5, 5.41) is 45.1. The molecule has 0 aromatic heterocycles. The van der Waals surface area contributed by atoms with Gasteiger partial charge in [-0.1, -0.05) is 27.4 Å². The van der Waals surface area contributed by atoms with Gasteiger partial charge in [0.1, 0.15) is 17.6 Å². The lowest BCUT2D eigenvalue weighted by molar-refractivity contribution is -0.473. The maximum absolute atomic E-state index is 13.4. The van der Waals surface area contributed by atoms with Gasteiger partial charge in [-0.05, 0) is 36.2 Å². The van der Waals surface area contributed by atoms with Gasteiger partial charge in [-0.25, -0.2) is 4.89 Å². The Hall–Kier alpha value is -0.830. The van der Waals surface area contributed by atoms with E-state index in [9.17, 15) is 25.2 Å². The van der Waals surface area contributed by atoms with Gasteiger partial charge in [0.05, 0.1) is 12.2 Å². The molecule has 0 aromatic carbocycles. The topological polar surface area (TPSA) is 116 Å². The number of carbonyl (C=O) groups excluding carboxylic acids is 1. The molecule has 6 aliphatic rings. The molecule has 2 heterocycles. The quantitative estimate of drug-likeness (QED) is 0.353. The van der Waals surface area contributed by atoms with Crippen molar-refractivity contribution in [2.45, 2.75) is 70.2 Å². The van der Waals surface area contributed by atoms with Crippen molar-refractivity contribution in [3.8, 4) is 0 Å². The second-order valence-corrected chi connectivity index (χ2v) is 10.2. The molecule has 6 rings (SSSR count). The van der Waals surface area contributed by atoms with Gasteiger partial charge in [0.2, 0.25) is 5.79 Å². The van der Waals surface area contributed by atoms with E-state index in [1.165, 1.54) is 0 Å². The number of aliphatic hydroxyl groups excluding tert-OH is 3. The van der Waals surface area contributed by atoms with Crippen molar-refractivity contribution >= 4 is 5.78 Å². The minimum Gasteiger partial charge on any atom is -0.391 e. The van der Waals surface area contributed by atoms with Crippen LogP contribution >= 0.6 is 0 Å². The van der Waals surface area contributed by atoms with E-state index >= 15 is 0 Å². The molecule has 1 spiro atoms. The molecule has 150 valence electrons. The average molecular weight is 380 g/mol. The minimum atomic E-state index is -2.40. The van der Waals surface area contributed by atoms with Gasteiger partial charge in [0, 0.05) is 17.3 Å². The highest BCUT2D eigenvalue weighted by Crippen LogP contribution is 2.75. The van der Waals surface area contributed by atoms with Crippen molar-refractivity contribution in [1.82, 2.24) is 0 Å². The first-order valence-corrected chi connectivity index (χ1v) is 9.80. The van der Waals surface area contributed by atoms with Crippen LogP contribution in [0.25, 0.3) is 0 Å². The number of carbonyl (C=O) groups is 1. The largest absolute Gasteiger partial charge is 0.391 e. The summed E-state index contributed by atoms with van der Waals surface area (Å²) in [4.78, 5) is 24.4. The summed E-state index contributed by atoms with van der Waals surface area (Å²) < 4.78 is 0. The average Bonchev–Trinajstić information content (AvgIpc) is 2.68. The molecular weight excluding hydrogens is 352 g/mol. The molecule has 4 aliphatic carbocycles. The van der Waals surface area contributed by atoms with Crippen molar-refractivity contribution in [2.24, 2.45) is 34.0 Å². The Bertz CT molecular complexity index is 749. The summed E-state index contributed by atoms with van der Waals surface area (Å²) >= 11 is 0. The third kappa shape index (κ3) is 1.59. The molecule has 7 heteroatoms. The van der Waals surface area contributed by atoms with Gasteiger partial charge >= 0.3 is 0 Å². The van der Waals surface area contributed by atoms with Gasteiger partial charge in [0.25, 0.3) is 0 Å². The lowest BCUT2D eigenvalue weighted by Gasteiger charge is -2.67. The van der Waals surface area contributed by atoms with Crippen LogP contribution < -0.4 is 0 Å². The fourth-order valence-electron chi connectivity index (χ4n) is 8.04. The summed E-state index contributed by atoms with van der Waals surface area (Å²) in [5.41, 5.74) is -2.86. The Morgan fingerprint density at radius 2 is 1.78 bits per heavy atom. The normalized spacial score (nSPS) is 60.9. The van der Waals surface area contributed by atoms with Crippen molar-refractivity contribution < 1.29 is 35.0 Å². The Labute approximate surface area is 157 Å². The molecule has 0 aromatic rings. The van der Waals surface area contributed by atoms with E-state index in [-0.39, 0.29) is 5.57 Å². The molecule has 7 nitrogen and oxygen atoms in total. The summed E-state index contributed by atoms with van der Waals surface area (Å²) in [6, 6.07) is 0. The number of Topliss-reactive ketones (excluding diaryl/α,β-unsaturated/α-hetero) is 1. The molecule has 4 saturated carbocycles. The first-order chi connectivity index (χ1) is 12.5. The van der Waals surface area contributed by atoms with E-state index < -0.39 is 70.0 Å². The van der Waals surface area contributed by atoms with E-state index in [0.29, 0.717) is 19.3 Å². The molecule has 6 fully saturated rings. The predicted octanol–water partition coefficient (Wildman–Crippen LogP) is 0.306. The molecule has 4 N–H and O–H groups in total. The number of ketones is 1. The predicted molar refractivity (Wildman–Crippen MR) is 91.7 cm³/mol. The monoisotopic (exact) mass is 380 g/mol. The number of aliphatic hydroxyl groups is 4. The van der Waals surface area contributed by atoms with E-state index in [0.717, 1.165) is 0 Å². The molecule has 0 unspecified atom stereocenters. The van der Waals surface area contributed by atoms with Crippen LogP contribution in [0.3, 0.4) is 0 Å². The summed E-state index contributed by atoms with van der Waals surface area (Å²) in [6.45, 7) is 9.66. The number of fused-ring (bicyclic) bond motifs is 2. The molecule has 27 heavy (non-hydrogen) atoms. The Morgan fingerprint density at radius 3 is 2.44 bits per heavy atom. The van der Waals surface area contributed by atoms with Crippen LogP contribution in [0.4, 0.5) is 0 Å². The second-order valence-electron chi connectivity index (χ2n) is 10.2. The lowest BCUT2D eigenvalue weighted by atomic mass is 9.37. The first-order valence-electron chi connectivity index (χ1n) is 9.80.